The Morgan fingerprint density at radius 1 is 1.17 bits per heavy atom. The van der Waals surface area contributed by atoms with Crippen LogP contribution in [-0.4, -0.2) is 24.9 Å². The van der Waals surface area contributed by atoms with Crippen molar-refractivity contribution in [3.05, 3.63) is 23.3 Å². The number of aromatic nitrogens is 5. The van der Waals surface area contributed by atoms with E-state index in [-0.39, 0.29) is 17.9 Å². The van der Waals surface area contributed by atoms with Crippen LogP contribution >= 0.6 is 12.4 Å². The normalized spacial score (nSPS) is 18.9. The topological polar surface area (TPSA) is 95.7 Å². The average molecular weight is 417 g/mol. The van der Waals surface area contributed by atoms with Gasteiger partial charge in [-0.05, 0) is 59.4 Å². The van der Waals surface area contributed by atoms with E-state index in [1.807, 2.05) is 11.6 Å². The molecule has 2 saturated carbocycles. The summed E-state index contributed by atoms with van der Waals surface area (Å²) in [6, 6.07) is 2.12. The van der Waals surface area contributed by atoms with Crippen LogP contribution in [-0.2, 0) is 11.1 Å². The zero-order valence-electron chi connectivity index (χ0n) is 17.5. The van der Waals surface area contributed by atoms with Gasteiger partial charge in [0.05, 0.1) is 27.7 Å². The second kappa shape index (κ2) is 6.77. The minimum atomic E-state index is -0.460. The fourth-order valence-corrected chi connectivity index (χ4v) is 4.30. The molecule has 0 amide bonds. The first-order chi connectivity index (χ1) is 13.3. The van der Waals surface area contributed by atoms with Gasteiger partial charge in [0.25, 0.3) is 5.89 Å². The number of rotatable bonds is 3. The van der Waals surface area contributed by atoms with Gasteiger partial charge >= 0.3 is 0 Å². The van der Waals surface area contributed by atoms with E-state index in [0.29, 0.717) is 17.6 Å². The lowest BCUT2D eigenvalue weighted by molar-refractivity contribution is 0.364. The van der Waals surface area contributed by atoms with E-state index in [2.05, 4.69) is 32.0 Å². The molecule has 2 N–H and O–H groups in total. The molecule has 3 heterocycles. The van der Waals surface area contributed by atoms with E-state index >= 15 is 0 Å². The molecule has 0 aliphatic heterocycles. The van der Waals surface area contributed by atoms with Gasteiger partial charge in [-0.2, -0.15) is 10.1 Å². The number of hydrogen-bond donors (Lipinski definition) is 1. The highest BCUT2D eigenvalue weighted by molar-refractivity contribution is 5.93. The van der Waals surface area contributed by atoms with Crippen LogP contribution in [0.25, 0.3) is 22.5 Å². The lowest BCUT2D eigenvalue weighted by Gasteiger charge is -2.20. The molecule has 8 heteroatoms. The Balaban J connectivity index is 0.00000205. The fourth-order valence-electron chi connectivity index (χ4n) is 4.30. The van der Waals surface area contributed by atoms with Crippen LogP contribution in [0.1, 0.15) is 82.4 Å². The van der Waals surface area contributed by atoms with Crippen LogP contribution in [0.4, 0.5) is 0 Å². The summed E-state index contributed by atoms with van der Waals surface area (Å²) in [6.45, 7) is 8.46. The summed E-state index contributed by atoms with van der Waals surface area (Å²) in [5.74, 6) is 1.67. The van der Waals surface area contributed by atoms with Crippen molar-refractivity contribution in [2.45, 2.75) is 83.2 Å². The monoisotopic (exact) mass is 416 g/mol. The molecule has 2 aliphatic carbocycles. The van der Waals surface area contributed by atoms with Gasteiger partial charge in [-0.1, -0.05) is 18.0 Å². The maximum absolute atomic E-state index is 6.55. The van der Waals surface area contributed by atoms with Gasteiger partial charge < -0.3 is 10.3 Å². The third kappa shape index (κ3) is 3.34. The Bertz CT molecular complexity index is 1050. The van der Waals surface area contributed by atoms with Crippen LogP contribution in [0, 0.1) is 6.92 Å². The predicted molar refractivity (Wildman–Crippen MR) is 114 cm³/mol. The average Bonchev–Trinajstić information content (AvgIpc) is 3.03. The number of pyridine rings is 1. The summed E-state index contributed by atoms with van der Waals surface area (Å²) in [5, 5.41) is 10.1. The standard InChI is InChI=1S/C21H28N6O.ClH/c1-12-16-14(18-24-19(26-28-18)21(22)9-5-6-10-21)11-15(13-7-8-13)23-17(16)27(25-12)20(2,3)4;/h11,13H,5-10,22H2,1-4H3;1H. The number of aryl methyl sites for hydroxylation is 1. The summed E-state index contributed by atoms with van der Waals surface area (Å²) in [7, 11) is 0. The second-order valence-electron chi connectivity index (χ2n) is 9.52. The third-order valence-corrected chi connectivity index (χ3v) is 6.06. The first-order valence-corrected chi connectivity index (χ1v) is 10.3. The maximum Gasteiger partial charge on any atom is 0.258 e. The highest BCUT2D eigenvalue weighted by Crippen LogP contribution is 2.43. The Kier molecular flexibility index (Phi) is 4.74. The van der Waals surface area contributed by atoms with Crippen molar-refractivity contribution in [3.8, 4) is 11.5 Å². The van der Waals surface area contributed by atoms with Gasteiger partial charge in [0, 0.05) is 11.6 Å². The fraction of sp³-hybridized carbons (Fsp3) is 0.619. The number of nitrogens with zero attached hydrogens (tertiary/aromatic N) is 5. The lowest BCUT2D eigenvalue weighted by Crippen LogP contribution is -2.34. The van der Waals surface area contributed by atoms with Crippen molar-refractivity contribution in [3.63, 3.8) is 0 Å². The van der Waals surface area contributed by atoms with E-state index < -0.39 is 5.54 Å². The summed E-state index contributed by atoms with van der Waals surface area (Å²) < 4.78 is 7.76. The molecule has 3 aromatic heterocycles. The number of hydrogen-bond acceptors (Lipinski definition) is 6. The van der Waals surface area contributed by atoms with E-state index in [9.17, 15) is 0 Å². The molecule has 3 aromatic rings. The van der Waals surface area contributed by atoms with Crippen LogP contribution in [0.15, 0.2) is 10.6 Å². The van der Waals surface area contributed by atoms with Crippen molar-refractivity contribution in [1.29, 1.82) is 0 Å². The molecule has 0 unspecified atom stereocenters. The van der Waals surface area contributed by atoms with Crippen molar-refractivity contribution in [2.24, 2.45) is 5.73 Å². The second-order valence-corrected chi connectivity index (χ2v) is 9.52. The number of fused-ring (bicyclic) bond motifs is 1. The van der Waals surface area contributed by atoms with Gasteiger partial charge in [0.2, 0.25) is 0 Å². The minimum Gasteiger partial charge on any atom is -0.334 e. The smallest absolute Gasteiger partial charge is 0.258 e. The largest absolute Gasteiger partial charge is 0.334 e. The Morgan fingerprint density at radius 2 is 1.86 bits per heavy atom. The molecule has 0 atom stereocenters. The van der Waals surface area contributed by atoms with Gasteiger partial charge in [0.15, 0.2) is 11.5 Å². The molecule has 0 bridgehead atoms. The van der Waals surface area contributed by atoms with Gasteiger partial charge in [0.1, 0.15) is 0 Å². The summed E-state index contributed by atoms with van der Waals surface area (Å²) >= 11 is 0. The van der Waals surface area contributed by atoms with Gasteiger partial charge in [-0.25, -0.2) is 9.67 Å². The molecule has 5 rings (SSSR count). The molecule has 156 valence electrons. The maximum atomic E-state index is 6.55. The summed E-state index contributed by atoms with van der Waals surface area (Å²) in [6.07, 6.45) is 6.41. The van der Waals surface area contributed by atoms with Crippen molar-refractivity contribution in [1.82, 2.24) is 24.9 Å². The van der Waals surface area contributed by atoms with Crippen LogP contribution < -0.4 is 5.73 Å². The predicted octanol–water partition coefficient (Wildman–Crippen LogP) is 4.57. The number of halogens is 1. The zero-order valence-corrected chi connectivity index (χ0v) is 18.3. The van der Waals surface area contributed by atoms with Crippen LogP contribution in [0.5, 0.6) is 0 Å². The zero-order chi connectivity index (χ0) is 19.7. The first-order valence-electron chi connectivity index (χ1n) is 10.3. The SMILES string of the molecule is Cc1nn(C(C)(C)C)c2nc(C3CC3)cc(-c3nc(C4(N)CCCC4)no3)c12.Cl. The van der Waals surface area contributed by atoms with Crippen molar-refractivity contribution >= 4 is 23.4 Å². The Morgan fingerprint density at radius 3 is 2.48 bits per heavy atom. The van der Waals surface area contributed by atoms with E-state index in [4.69, 9.17) is 25.3 Å². The molecule has 7 nitrogen and oxygen atoms in total. The molecular formula is C21H29ClN6O. The van der Waals surface area contributed by atoms with E-state index in [1.54, 1.807) is 0 Å². The Labute approximate surface area is 176 Å². The van der Waals surface area contributed by atoms with E-state index in [1.165, 1.54) is 12.8 Å². The lowest BCUT2D eigenvalue weighted by atomic mass is 9.98. The Hall–Kier alpha value is -1.99. The van der Waals surface area contributed by atoms with Crippen LogP contribution in [0.2, 0.25) is 0 Å². The highest BCUT2D eigenvalue weighted by Gasteiger charge is 2.37. The third-order valence-electron chi connectivity index (χ3n) is 6.06. The minimum absolute atomic E-state index is 0. The molecule has 2 aliphatic rings. The molecule has 2 fully saturated rings. The van der Waals surface area contributed by atoms with Crippen molar-refractivity contribution in [2.75, 3.05) is 0 Å². The van der Waals surface area contributed by atoms with E-state index in [0.717, 1.165) is 53.7 Å². The van der Waals surface area contributed by atoms with Crippen molar-refractivity contribution < 1.29 is 4.52 Å². The molecule has 0 radical (unpaired) electrons. The quantitative estimate of drug-likeness (QED) is 0.671. The number of nitrogens with two attached hydrogens (primary N) is 1. The molecule has 29 heavy (non-hydrogen) atoms. The first kappa shape index (κ1) is 20.3. The summed E-state index contributed by atoms with van der Waals surface area (Å²) in [5.41, 5.74) is 9.78. The van der Waals surface area contributed by atoms with Gasteiger partial charge in [-0.15, -0.1) is 12.4 Å². The molecule has 0 spiro atoms. The molecule has 0 saturated heterocycles. The summed E-state index contributed by atoms with van der Waals surface area (Å²) in [4.78, 5) is 9.74. The highest BCUT2D eigenvalue weighted by atomic mass is 35.5. The van der Waals surface area contributed by atoms with Crippen LogP contribution in [0.3, 0.4) is 0 Å². The van der Waals surface area contributed by atoms with Gasteiger partial charge in [-0.3, -0.25) is 0 Å². The molecule has 0 aromatic carbocycles. The molecular weight excluding hydrogens is 388 g/mol.